The van der Waals surface area contributed by atoms with Crippen molar-refractivity contribution in [2.75, 3.05) is 7.11 Å². The van der Waals surface area contributed by atoms with E-state index in [4.69, 9.17) is 14.2 Å². The maximum Gasteiger partial charge on any atom is 0.226 e. The number of carbonyl (C=O) groups is 1. The Balaban J connectivity index is 1.20. The lowest BCUT2D eigenvalue weighted by atomic mass is 10.0. The smallest absolute Gasteiger partial charge is 0.226 e. The summed E-state index contributed by atoms with van der Waals surface area (Å²) in [5, 5.41) is 7.22. The zero-order chi connectivity index (χ0) is 24.7. The second kappa shape index (κ2) is 10.9. The van der Waals surface area contributed by atoms with Crippen LogP contribution in [0, 0.1) is 0 Å². The van der Waals surface area contributed by atoms with Crippen LogP contribution in [0.4, 0.5) is 0 Å². The third-order valence-electron chi connectivity index (χ3n) is 5.97. The number of aromatic nitrogens is 4. The molecule has 0 aliphatic heterocycles. The molecular formula is C28H27N5O3. The summed E-state index contributed by atoms with van der Waals surface area (Å²) in [6, 6.07) is 25.1. The molecule has 1 amide bonds. The number of nitrogens with one attached hydrogen (secondary N) is 2. The van der Waals surface area contributed by atoms with Gasteiger partial charge in [-0.25, -0.2) is 4.98 Å². The fraction of sp³-hybridized carbons (Fsp3) is 0.214. The number of fused-ring (bicyclic) bond motifs is 1. The minimum atomic E-state index is -0.266. The summed E-state index contributed by atoms with van der Waals surface area (Å²) in [6.07, 6.45) is 2.09. The zero-order valence-corrected chi connectivity index (χ0v) is 20.0. The SMILES string of the molecule is COc1ccc(-c2noc(CCCC(=O)N[C@@H](Cc3ccccc3)c3nc4ccccc4[nH]3)n2)cc1. The first-order chi connectivity index (χ1) is 17.7. The van der Waals surface area contributed by atoms with E-state index in [9.17, 15) is 4.79 Å². The highest BCUT2D eigenvalue weighted by atomic mass is 16.5. The third-order valence-corrected chi connectivity index (χ3v) is 5.97. The molecule has 5 aromatic rings. The number of imidazole rings is 1. The molecule has 0 saturated carbocycles. The lowest BCUT2D eigenvalue weighted by Crippen LogP contribution is -2.30. The van der Waals surface area contributed by atoms with E-state index in [0.29, 0.717) is 37.4 Å². The van der Waals surface area contributed by atoms with E-state index in [1.807, 2.05) is 66.7 Å². The number of hydrogen-bond acceptors (Lipinski definition) is 6. The molecule has 8 nitrogen and oxygen atoms in total. The number of carbonyl (C=O) groups excluding carboxylic acids is 1. The van der Waals surface area contributed by atoms with Crippen molar-refractivity contribution in [1.29, 1.82) is 0 Å². The van der Waals surface area contributed by atoms with Crippen LogP contribution in [0.15, 0.2) is 83.4 Å². The number of aryl methyl sites for hydroxylation is 1. The maximum atomic E-state index is 12.9. The first-order valence-corrected chi connectivity index (χ1v) is 11.9. The van der Waals surface area contributed by atoms with Crippen LogP contribution in [0.1, 0.15) is 36.2 Å². The Morgan fingerprint density at radius 3 is 2.56 bits per heavy atom. The van der Waals surface area contributed by atoms with Crippen LogP contribution in [-0.2, 0) is 17.6 Å². The van der Waals surface area contributed by atoms with Crippen molar-refractivity contribution < 1.29 is 14.1 Å². The van der Waals surface area contributed by atoms with Crippen molar-refractivity contribution in [2.24, 2.45) is 0 Å². The Labute approximate surface area is 208 Å². The summed E-state index contributed by atoms with van der Waals surface area (Å²) in [6.45, 7) is 0. The molecule has 2 aromatic heterocycles. The summed E-state index contributed by atoms with van der Waals surface area (Å²) in [4.78, 5) is 25.4. The predicted molar refractivity (Wildman–Crippen MR) is 136 cm³/mol. The zero-order valence-electron chi connectivity index (χ0n) is 20.0. The van der Waals surface area contributed by atoms with Gasteiger partial charge in [0.25, 0.3) is 0 Å². The maximum absolute atomic E-state index is 12.9. The number of methoxy groups -OCH3 is 1. The Hall–Kier alpha value is -4.46. The topological polar surface area (TPSA) is 106 Å². The molecule has 3 aromatic carbocycles. The molecule has 182 valence electrons. The highest BCUT2D eigenvalue weighted by molar-refractivity contribution is 5.77. The normalized spacial score (nSPS) is 11.9. The average Bonchev–Trinajstić information content (AvgIpc) is 3.56. The molecule has 8 heteroatoms. The Bertz CT molecular complexity index is 1390. The monoisotopic (exact) mass is 481 g/mol. The van der Waals surface area contributed by atoms with Gasteiger partial charge in [-0.2, -0.15) is 4.98 Å². The van der Waals surface area contributed by atoms with Crippen molar-refractivity contribution in [3.05, 3.63) is 96.1 Å². The summed E-state index contributed by atoms with van der Waals surface area (Å²) < 4.78 is 10.6. The van der Waals surface area contributed by atoms with Crippen LogP contribution >= 0.6 is 0 Å². The van der Waals surface area contributed by atoms with Crippen molar-refractivity contribution in [3.63, 3.8) is 0 Å². The number of hydrogen-bond donors (Lipinski definition) is 2. The van der Waals surface area contributed by atoms with Crippen LogP contribution in [0.5, 0.6) is 5.75 Å². The number of aromatic amines is 1. The number of benzene rings is 3. The molecule has 0 unspecified atom stereocenters. The van der Waals surface area contributed by atoms with E-state index in [1.165, 1.54) is 0 Å². The first-order valence-electron chi connectivity index (χ1n) is 11.9. The second-order valence-electron chi connectivity index (χ2n) is 8.54. The van der Waals surface area contributed by atoms with Crippen LogP contribution in [-0.4, -0.2) is 33.1 Å². The number of nitrogens with zero attached hydrogens (tertiary/aromatic N) is 3. The summed E-state index contributed by atoms with van der Waals surface area (Å²) in [5.41, 5.74) is 3.80. The number of amides is 1. The highest BCUT2D eigenvalue weighted by Crippen LogP contribution is 2.22. The Kier molecular flexibility index (Phi) is 7.02. The van der Waals surface area contributed by atoms with E-state index in [-0.39, 0.29) is 11.9 Å². The molecule has 1 atom stereocenters. The van der Waals surface area contributed by atoms with E-state index >= 15 is 0 Å². The molecular weight excluding hydrogens is 454 g/mol. The van der Waals surface area contributed by atoms with Gasteiger partial charge in [-0.3, -0.25) is 4.79 Å². The molecule has 0 aliphatic rings. The molecule has 2 N–H and O–H groups in total. The molecule has 0 bridgehead atoms. The minimum Gasteiger partial charge on any atom is -0.497 e. The van der Waals surface area contributed by atoms with Gasteiger partial charge in [-0.15, -0.1) is 0 Å². The largest absolute Gasteiger partial charge is 0.497 e. The summed E-state index contributed by atoms with van der Waals surface area (Å²) >= 11 is 0. The van der Waals surface area contributed by atoms with Gasteiger partial charge in [0, 0.05) is 18.4 Å². The van der Waals surface area contributed by atoms with E-state index in [0.717, 1.165) is 33.7 Å². The van der Waals surface area contributed by atoms with E-state index < -0.39 is 0 Å². The number of H-pyrrole nitrogens is 1. The first kappa shape index (κ1) is 23.3. The summed E-state index contributed by atoms with van der Waals surface area (Å²) in [5.74, 6) is 2.49. The number of rotatable bonds is 10. The van der Waals surface area contributed by atoms with Gasteiger partial charge < -0.3 is 19.6 Å². The van der Waals surface area contributed by atoms with Crippen molar-refractivity contribution in [2.45, 2.75) is 31.7 Å². The average molecular weight is 482 g/mol. The molecule has 0 saturated heterocycles. The molecule has 0 aliphatic carbocycles. The quantitative estimate of drug-likeness (QED) is 0.289. The van der Waals surface area contributed by atoms with Crippen molar-refractivity contribution in [1.82, 2.24) is 25.4 Å². The molecule has 5 rings (SSSR count). The number of para-hydroxylation sites is 2. The Morgan fingerprint density at radius 2 is 1.78 bits per heavy atom. The molecule has 0 spiro atoms. The van der Waals surface area contributed by atoms with Gasteiger partial charge in [0.2, 0.25) is 17.6 Å². The number of ether oxygens (including phenoxy) is 1. The van der Waals surface area contributed by atoms with Gasteiger partial charge in [0.05, 0.1) is 24.2 Å². The third kappa shape index (κ3) is 5.60. The van der Waals surface area contributed by atoms with Crippen molar-refractivity contribution in [3.8, 4) is 17.1 Å². The van der Waals surface area contributed by atoms with Gasteiger partial charge in [-0.05, 0) is 54.8 Å². The molecule has 36 heavy (non-hydrogen) atoms. The van der Waals surface area contributed by atoms with Gasteiger partial charge >= 0.3 is 0 Å². The fourth-order valence-electron chi connectivity index (χ4n) is 4.08. The lowest BCUT2D eigenvalue weighted by molar-refractivity contribution is -0.122. The summed E-state index contributed by atoms with van der Waals surface area (Å²) in [7, 11) is 1.62. The Morgan fingerprint density at radius 1 is 1.00 bits per heavy atom. The fourth-order valence-corrected chi connectivity index (χ4v) is 4.08. The molecule has 0 fully saturated rings. The van der Waals surface area contributed by atoms with Crippen LogP contribution in [0.3, 0.4) is 0 Å². The van der Waals surface area contributed by atoms with Crippen LogP contribution in [0.25, 0.3) is 22.4 Å². The highest BCUT2D eigenvalue weighted by Gasteiger charge is 2.19. The van der Waals surface area contributed by atoms with Crippen molar-refractivity contribution >= 4 is 16.9 Å². The van der Waals surface area contributed by atoms with Gasteiger partial charge in [-0.1, -0.05) is 47.6 Å². The van der Waals surface area contributed by atoms with Crippen LogP contribution in [0.2, 0.25) is 0 Å². The van der Waals surface area contributed by atoms with Crippen LogP contribution < -0.4 is 10.1 Å². The standard InChI is InChI=1S/C28H27N5O3/c1-35-21-16-14-20(15-17-21)27-32-26(36-33-27)13-7-12-25(34)29-24(18-19-8-3-2-4-9-19)28-30-22-10-5-6-11-23(22)31-28/h2-6,8-11,14-17,24H,7,12-13,18H2,1H3,(H,29,34)(H,30,31)/t24-/m0/s1. The van der Waals surface area contributed by atoms with E-state index in [2.05, 4.69) is 32.6 Å². The van der Waals surface area contributed by atoms with E-state index in [1.54, 1.807) is 7.11 Å². The second-order valence-corrected chi connectivity index (χ2v) is 8.54. The molecule has 2 heterocycles. The van der Waals surface area contributed by atoms with Gasteiger partial charge in [0.1, 0.15) is 11.6 Å². The minimum absolute atomic E-state index is 0.0497. The predicted octanol–water partition coefficient (Wildman–Crippen LogP) is 5.04. The molecule has 0 radical (unpaired) electrons. The van der Waals surface area contributed by atoms with Gasteiger partial charge in [0.15, 0.2) is 0 Å². The lowest BCUT2D eigenvalue weighted by Gasteiger charge is -2.17.